The molecule has 0 heterocycles. The average Bonchev–Trinajstić information content (AvgIpc) is 2.20. The second kappa shape index (κ2) is 6.30. The van der Waals surface area contributed by atoms with Crippen LogP contribution in [0.2, 0.25) is 5.02 Å². The monoisotopic (exact) mass is 280 g/mol. The van der Waals surface area contributed by atoms with Crippen molar-refractivity contribution in [2.45, 2.75) is 13.0 Å². The molecule has 0 radical (unpaired) electrons. The van der Waals surface area contributed by atoms with Crippen LogP contribution >= 0.6 is 11.6 Å². The molecule has 17 heavy (non-hydrogen) atoms. The van der Waals surface area contributed by atoms with E-state index < -0.39 is 10.0 Å². The van der Waals surface area contributed by atoms with Gasteiger partial charge in [0.05, 0.1) is 5.75 Å². The molecule has 1 aromatic rings. The van der Waals surface area contributed by atoms with Crippen molar-refractivity contribution in [3.05, 3.63) is 34.6 Å². The van der Waals surface area contributed by atoms with Crippen molar-refractivity contribution >= 4 is 21.6 Å². The number of sulfonamides is 1. The summed E-state index contributed by atoms with van der Waals surface area (Å²) in [5, 5.41) is 8.10. The van der Waals surface area contributed by atoms with Gasteiger partial charge in [-0.1, -0.05) is 17.7 Å². The first-order chi connectivity index (χ1) is 7.90. The summed E-state index contributed by atoms with van der Waals surface area (Å²) >= 11 is 5.82. The molecule has 0 saturated heterocycles. The number of nitrogens with two attached hydrogens (primary N) is 1. The molecule has 7 heteroatoms. The molecule has 0 amide bonds. The van der Waals surface area contributed by atoms with Gasteiger partial charge in [0.25, 0.3) is 0 Å². The molecule has 4 nitrogen and oxygen atoms in total. The highest BCUT2D eigenvalue weighted by molar-refractivity contribution is 7.89. The Labute approximate surface area is 105 Å². The third-order valence-corrected chi connectivity index (χ3v) is 3.36. The lowest BCUT2D eigenvalue weighted by molar-refractivity contribution is 0.578. The van der Waals surface area contributed by atoms with Crippen LogP contribution < -0.4 is 10.5 Å². The topological polar surface area (TPSA) is 72.2 Å². The van der Waals surface area contributed by atoms with Crippen LogP contribution in [0.15, 0.2) is 18.2 Å². The molecule has 1 aromatic carbocycles. The maximum absolute atomic E-state index is 13.3. The van der Waals surface area contributed by atoms with Crippen LogP contribution in [0.3, 0.4) is 0 Å². The highest BCUT2D eigenvalue weighted by atomic mass is 35.5. The molecule has 0 saturated carbocycles. The molecule has 3 N–H and O–H groups in total. The summed E-state index contributed by atoms with van der Waals surface area (Å²) < 4.78 is 34.6. The van der Waals surface area contributed by atoms with Crippen LogP contribution in [-0.4, -0.2) is 20.7 Å². The van der Waals surface area contributed by atoms with Crippen LogP contribution in [0.1, 0.15) is 12.0 Å². The second-order valence-corrected chi connectivity index (χ2v) is 5.74. The van der Waals surface area contributed by atoms with E-state index in [9.17, 15) is 12.8 Å². The van der Waals surface area contributed by atoms with Gasteiger partial charge in [0.2, 0.25) is 10.0 Å². The number of hydrogen-bond acceptors (Lipinski definition) is 3. The van der Waals surface area contributed by atoms with Gasteiger partial charge in [-0.3, -0.25) is 0 Å². The lowest BCUT2D eigenvalue weighted by atomic mass is 10.2. The Morgan fingerprint density at radius 3 is 2.71 bits per heavy atom. The van der Waals surface area contributed by atoms with Crippen LogP contribution in [0.5, 0.6) is 0 Å². The Kier molecular flexibility index (Phi) is 5.32. The summed E-state index contributed by atoms with van der Waals surface area (Å²) in [6, 6.07) is 4.46. The van der Waals surface area contributed by atoms with E-state index in [4.69, 9.17) is 16.7 Å². The van der Waals surface area contributed by atoms with Crippen molar-refractivity contribution in [2.24, 2.45) is 5.14 Å². The van der Waals surface area contributed by atoms with Gasteiger partial charge >= 0.3 is 0 Å². The van der Waals surface area contributed by atoms with E-state index in [1.165, 1.54) is 12.1 Å². The number of primary sulfonamides is 1. The Hall–Kier alpha value is -0.690. The van der Waals surface area contributed by atoms with E-state index in [2.05, 4.69) is 5.32 Å². The minimum Gasteiger partial charge on any atom is -0.312 e. The summed E-state index contributed by atoms with van der Waals surface area (Å²) in [7, 11) is -3.43. The summed E-state index contributed by atoms with van der Waals surface area (Å²) in [5.74, 6) is -0.471. The first-order valence-electron chi connectivity index (χ1n) is 5.04. The lowest BCUT2D eigenvalue weighted by Crippen LogP contribution is -2.22. The van der Waals surface area contributed by atoms with E-state index in [-0.39, 0.29) is 18.1 Å². The molecule has 1 rings (SSSR count). The van der Waals surface area contributed by atoms with E-state index >= 15 is 0 Å². The molecule has 0 fully saturated rings. The predicted octanol–water partition coefficient (Wildman–Crippen LogP) is 1.25. The number of halogens is 2. The number of rotatable bonds is 6. The standard InChI is InChI=1S/C10H14ClFN2O2S/c11-9-3-1-4-10(12)8(9)7-14-5-2-6-17(13,15)16/h1,3-4,14H,2,5-7H2,(H2,13,15,16). The molecule has 0 bridgehead atoms. The van der Waals surface area contributed by atoms with Crippen LogP contribution in [0.4, 0.5) is 4.39 Å². The van der Waals surface area contributed by atoms with Gasteiger partial charge in [-0.15, -0.1) is 0 Å². The zero-order valence-electron chi connectivity index (χ0n) is 9.12. The Bertz CT molecular complexity index is 459. The maximum Gasteiger partial charge on any atom is 0.209 e. The maximum atomic E-state index is 13.3. The largest absolute Gasteiger partial charge is 0.312 e. The smallest absolute Gasteiger partial charge is 0.209 e. The minimum absolute atomic E-state index is 0.0923. The van der Waals surface area contributed by atoms with Crippen molar-refractivity contribution in [3.8, 4) is 0 Å². The quantitative estimate of drug-likeness (QED) is 0.770. The van der Waals surface area contributed by atoms with Crippen molar-refractivity contribution in [1.29, 1.82) is 0 Å². The molecule has 0 unspecified atom stereocenters. The van der Waals surface area contributed by atoms with Crippen molar-refractivity contribution in [3.63, 3.8) is 0 Å². The average molecular weight is 281 g/mol. The third kappa shape index (κ3) is 5.45. The SMILES string of the molecule is NS(=O)(=O)CCCNCc1c(F)cccc1Cl. The van der Waals surface area contributed by atoms with Crippen LogP contribution in [-0.2, 0) is 16.6 Å². The zero-order valence-corrected chi connectivity index (χ0v) is 10.7. The second-order valence-electron chi connectivity index (χ2n) is 3.60. The van der Waals surface area contributed by atoms with Gasteiger partial charge in [0, 0.05) is 17.1 Å². The highest BCUT2D eigenvalue weighted by Crippen LogP contribution is 2.18. The van der Waals surface area contributed by atoms with Crippen molar-refractivity contribution in [2.75, 3.05) is 12.3 Å². The van der Waals surface area contributed by atoms with E-state index in [0.29, 0.717) is 23.6 Å². The number of hydrogen-bond donors (Lipinski definition) is 2. The minimum atomic E-state index is -3.43. The summed E-state index contributed by atoms with van der Waals surface area (Å²) in [5.41, 5.74) is 0.379. The normalized spacial score (nSPS) is 11.7. The van der Waals surface area contributed by atoms with Crippen LogP contribution in [0, 0.1) is 5.82 Å². The molecule has 96 valence electrons. The van der Waals surface area contributed by atoms with E-state index in [0.717, 1.165) is 0 Å². The van der Waals surface area contributed by atoms with Crippen LogP contribution in [0.25, 0.3) is 0 Å². The summed E-state index contributed by atoms with van der Waals surface area (Å²) in [6.45, 7) is 0.692. The van der Waals surface area contributed by atoms with Gasteiger partial charge in [-0.2, -0.15) is 0 Å². The molecule has 0 aliphatic carbocycles. The molecular weight excluding hydrogens is 267 g/mol. The number of benzene rings is 1. The fraction of sp³-hybridized carbons (Fsp3) is 0.400. The molecule has 0 atom stereocenters. The fourth-order valence-electron chi connectivity index (χ4n) is 1.31. The molecule has 0 spiro atoms. The van der Waals surface area contributed by atoms with Gasteiger partial charge < -0.3 is 5.32 Å². The molecular formula is C10H14ClFN2O2S. The van der Waals surface area contributed by atoms with E-state index in [1.807, 2.05) is 0 Å². The van der Waals surface area contributed by atoms with E-state index in [1.54, 1.807) is 6.07 Å². The molecule has 0 aliphatic rings. The van der Waals surface area contributed by atoms with Gasteiger partial charge in [0.1, 0.15) is 5.82 Å². The van der Waals surface area contributed by atoms with Gasteiger partial charge in [0.15, 0.2) is 0 Å². The third-order valence-electron chi connectivity index (χ3n) is 2.15. The predicted molar refractivity (Wildman–Crippen MR) is 65.7 cm³/mol. The van der Waals surface area contributed by atoms with Crippen molar-refractivity contribution in [1.82, 2.24) is 5.32 Å². The molecule has 0 aromatic heterocycles. The zero-order chi connectivity index (χ0) is 12.9. The first kappa shape index (κ1) is 14.4. The van der Waals surface area contributed by atoms with Gasteiger partial charge in [-0.05, 0) is 25.1 Å². The summed E-state index contributed by atoms with van der Waals surface area (Å²) in [6.07, 6.45) is 0.380. The Morgan fingerprint density at radius 1 is 1.41 bits per heavy atom. The highest BCUT2D eigenvalue weighted by Gasteiger charge is 2.06. The van der Waals surface area contributed by atoms with Crippen molar-refractivity contribution < 1.29 is 12.8 Å². The lowest BCUT2D eigenvalue weighted by Gasteiger charge is -2.07. The first-order valence-corrected chi connectivity index (χ1v) is 7.13. The van der Waals surface area contributed by atoms with Gasteiger partial charge in [-0.25, -0.2) is 17.9 Å². The summed E-state index contributed by atoms with van der Waals surface area (Å²) in [4.78, 5) is 0. The molecule has 0 aliphatic heterocycles. The number of nitrogens with one attached hydrogen (secondary N) is 1. The Morgan fingerprint density at radius 2 is 2.12 bits per heavy atom. The fourth-order valence-corrected chi connectivity index (χ4v) is 2.09. The Balaban J connectivity index is 2.37.